The number of hydrogen-bond donors (Lipinski definition) is 1. The van der Waals surface area contributed by atoms with Gasteiger partial charge in [0.25, 0.3) is 11.5 Å². The molecule has 0 spiro atoms. The zero-order chi connectivity index (χ0) is 22.2. The first kappa shape index (κ1) is 20.4. The van der Waals surface area contributed by atoms with Crippen LogP contribution in [0.3, 0.4) is 0 Å². The van der Waals surface area contributed by atoms with Crippen LogP contribution in [0.25, 0.3) is 10.2 Å². The molecule has 3 heterocycles. The highest BCUT2D eigenvalue weighted by molar-refractivity contribution is 7.20. The number of aromatic nitrogens is 2. The van der Waals surface area contributed by atoms with Gasteiger partial charge in [-0.05, 0) is 48.7 Å². The van der Waals surface area contributed by atoms with E-state index in [-0.39, 0.29) is 23.9 Å². The Morgan fingerprint density at radius 3 is 2.88 bits per heavy atom. The summed E-state index contributed by atoms with van der Waals surface area (Å²) in [5, 5.41) is 3.42. The van der Waals surface area contributed by atoms with Gasteiger partial charge in [0, 0.05) is 24.7 Å². The first-order chi connectivity index (χ1) is 15.5. The maximum Gasteiger partial charge on any atom is 0.266 e. The lowest BCUT2D eigenvalue weighted by Gasteiger charge is -2.09. The van der Waals surface area contributed by atoms with Gasteiger partial charge < -0.3 is 10.1 Å². The first-order valence-corrected chi connectivity index (χ1v) is 11.1. The van der Waals surface area contributed by atoms with Gasteiger partial charge in [-0.15, -0.1) is 11.3 Å². The molecule has 1 aliphatic rings. The summed E-state index contributed by atoms with van der Waals surface area (Å²) >= 11 is 1.25. The van der Waals surface area contributed by atoms with Gasteiger partial charge >= 0.3 is 0 Å². The van der Waals surface area contributed by atoms with Gasteiger partial charge in [0.15, 0.2) is 0 Å². The molecule has 0 atom stereocenters. The predicted molar refractivity (Wildman–Crippen MR) is 122 cm³/mol. The summed E-state index contributed by atoms with van der Waals surface area (Å²) in [6, 6.07) is 13.2. The zero-order valence-electron chi connectivity index (χ0n) is 17.4. The summed E-state index contributed by atoms with van der Waals surface area (Å²) in [6.45, 7) is 2.76. The Bertz CT molecular complexity index is 1390. The Hall–Kier alpha value is -3.52. The summed E-state index contributed by atoms with van der Waals surface area (Å²) in [7, 11) is 0. The summed E-state index contributed by atoms with van der Waals surface area (Å²) in [6.07, 6.45) is 1.71. The van der Waals surface area contributed by atoms with Crippen molar-refractivity contribution in [2.24, 2.45) is 0 Å². The molecule has 162 valence electrons. The molecule has 0 fully saturated rings. The number of ether oxygens (including phenoxy) is 1. The van der Waals surface area contributed by atoms with Crippen LogP contribution in [0.15, 0.2) is 53.3 Å². The van der Waals surface area contributed by atoms with Crippen molar-refractivity contribution in [2.75, 3.05) is 5.32 Å². The van der Waals surface area contributed by atoms with Gasteiger partial charge in [0.05, 0.1) is 10.3 Å². The third-order valence-corrected chi connectivity index (χ3v) is 6.71. The fraction of sp³-hybridized carbons (Fsp3) is 0.208. The van der Waals surface area contributed by atoms with Gasteiger partial charge in [-0.1, -0.05) is 18.2 Å². The second kappa shape index (κ2) is 8.20. The van der Waals surface area contributed by atoms with Crippen LogP contribution in [0.4, 0.5) is 10.1 Å². The molecule has 0 unspecified atom stereocenters. The second-order valence-corrected chi connectivity index (χ2v) is 8.72. The number of thiophene rings is 1. The molecule has 2 aromatic carbocycles. The maximum atomic E-state index is 13.0. The minimum absolute atomic E-state index is 0.0634. The molecule has 0 bridgehead atoms. The maximum absolute atomic E-state index is 13.0. The number of nitrogens with zero attached hydrogens (tertiary/aromatic N) is 2. The summed E-state index contributed by atoms with van der Waals surface area (Å²) in [4.78, 5) is 31.5. The van der Waals surface area contributed by atoms with Crippen molar-refractivity contribution in [1.29, 1.82) is 0 Å². The van der Waals surface area contributed by atoms with Crippen LogP contribution in [0, 0.1) is 12.7 Å². The molecular weight excluding hydrogens is 429 g/mol. The van der Waals surface area contributed by atoms with Crippen LogP contribution >= 0.6 is 11.3 Å². The van der Waals surface area contributed by atoms with E-state index in [0.29, 0.717) is 38.6 Å². The molecule has 32 heavy (non-hydrogen) atoms. The third-order valence-electron chi connectivity index (χ3n) is 5.53. The van der Waals surface area contributed by atoms with Gasteiger partial charge in [-0.2, -0.15) is 0 Å². The molecule has 0 saturated heterocycles. The van der Waals surface area contributed by atoms with Crippen LogP contribution < -0.4 is 15.6 Å². The summed E-state index contributed by atoms with van der Waals surface area (Å²) in [5.41, 5.74) is 2.01. The van der Waals surface area contributed by atoms with Crippen LogP contribution in [0.5, 0.6) is 5.75 Å². The van der Waals surface area contributed by atoms with Crippen molar-refractivity contribution in [3.8, 4) is 5.75 Å². The van der Waals surface area contributed by atoms with E-state index < -0.39 is 0 Å². The molecule has 0 radical (unpaired) electrons. The lowest BCUT2D eigenvalue weighted by Crippen LogP contribution is -2.20. The third kappa shape index (κ3) is 3.78. The van der Waals surface area contributed by atoms with Crippen LogP contribution in [0.2, 0.25) is 0 Å². The molecule has 8 heteroatoms. The number of amides is 1. The van der Waals surface area contributed by atoms with E-state index in [1.54, 1.807) is 47.9 Å². The number of halogens is 1. The van der Waals surface area contributed by atoms with Gasteiger partial charge in [0.1, 0.15) is 28.8 Å². The molecule has 0 aliphatic carbocycles. The van der Waals surface area contributed by atoms with Crippen molar-refractivity contribution >= 4 is 33.1 Å². The number of hydrogen-bond acceptors (Lipinski definition) is 5. The molecule has 1 N–H and O–H groups in total. The minimum atomic E-state index is -0.294. The number of benzene rings is 2. The minimum Gasteiger partial charge on any atom is -0.489 e. The molecule has 0 saturated carbocycles. The quantitative estimate of drug-likeness (QED) is 0.480. The Morgan fingerprint density at radius 2 is 2.06 bits per heavy atom. The van der Waals surface area contributed by atoms with Gasteiger partial charge in [-0.3, -0.25) is 14.2 Å². The highest BCUT2D eigenvalue weighted by atomic mass is 32.1. The molecule has 4 aromatic rings. The predicted octanol–water partition coefficient (Wildman–Crippen LogP) is 4.68. The first-order valence-electron chi connectivity index (χ1n) is 10.3. The standard InChI is InChI=1S/C24H20FN3O3S/c1-14-20-23(27-19-6-3-11-28(19)24(20)30)32-21(14)22(29)26-17-4-2-5-18(12-17)31-13-15-7-9-16(25)10-8-15/h2,4-5,7-10,12H,3,6,11,13H2,1H3,(H,26,29). The number of anilines is 1. The number of fused-ring (bicyclic) bond motifs is 2. The van der Waals surface area contributed by atoms with E-state index >= 15 is 0 Å². The van der Waals surface area contributed by atoms with E-state index in [0.717, 1.165) is 24.2 Å². The van der Waals surface area contributed by atoms with Crippen molar-refractivity contribution < 1.29 is 13.9 Å². The fourth-order valence-corrected chi connectivity index (χ4v) is 4.98. The van der Waals surface area contributed by atoms with Crippen molar-refractivity contribution in [1.82, 2.24) is 9.55 Å². The number of nitrogens with one attached hydrogen (secondary N) is 1. The van der Waals surface area contributed by atoms with Crippen LogP contribution in [-0.4, -0.2) is 15.5 Å². The van der Waals surface area contributed by atoms with E-state index in [9.17, 15) is 14.0 Å². The van der Waals surface area contributed by atoms with Gasteiger partial charge in [-0.25, -0.2) is 9.37 Å². The Kier molecular flexibility index (Phi) is 5.22. The topological polar surface area (TPSA) is 73.2 Å². The lowest BCUT2D eigenvalue weighted by molar-refractivity contribution is 0.103. The van der Waals surface area contributed by atoms with E-state index in [1.807, 2.05) is 0 Å². The number of carbonyl (C=O) groups excluding carboxylic acids is 1. The summed E-state index contributed by atoms with van der Waals surface area (Å²) < 4.78 is 20.5. The fourth-order valence-electron chi connectivity index (χ4n) is 3.89. The zero-order valence-corrected chi connectivity index (χ0v) is 18.2. The Balaban J connectivity index is 1.35. The van der Waals surface area contributed by atoms with E-state index in [4.69, 9.17) is 4.74 Å². The van der Waals surface area contributed by atoms with E-state index in [2.05, 4.69) is 10.3 Å². The largest absolute Gasteiger partial charge is 0.489 e. The average Bonchev–Trinajstić information content (AvgIpc) is 3.39. The summed E-state index contributed by atoms with van der Waals surface area (Å²) in [5.74, 6) is 0.793. The number of aryl methyl sites for hydroxylation is 2. The van der Waals surface area contributed by atoms with E-state index in [1.165, 1.54) is 23.5 Å². The van der Waals surface area contributed by atoms with Crippen molar-refractivity contribution in [3.63, 3.8) is 0 Å². The highest BCUT2D eigenvalue weighted by Gasteiger charge is 2.23. The smallest absolute Gasteiger partial charge is 0.266 e. The molecule has 6 nitrogen and oxygen atoms in total. The normalized spacial score (nSPS) is 12.7. The van der Waals surface area contributed by atoms with Crippen molar-refractivity contribution in [2.45, 2.75) is 32.9 Å². The van der Waals surface area contributed by atoms with Crippen molar-refractivity contribution in [3.05, 3.63) is 86.5 Å². The SMILES string of the molecule is Cc1c(C(=O)Nc2cccc(OCc3ccc(F)cc3)c2)sc2nc3n(c(=O)c12)CCC3. The Labute approximate surface area is 187 Å². The Morgan fingerprint density at radius 1 is 1.25 bits per heavy atom. The lowest BCUT2D eigenvalue weighted by atomic mass is 10.2. The highest BCUT2D eigenvalue weighted by Crippen LogP contribution is 2.29. The number of carbonyl (C=O) groups is 1. The monoisotopic (exact) mass is 449 g/mol. The molecular formula is C24H20FN3O3S. The molecule has 5 rings (SSSR count). The van der Waals surface area contributed by atoms with Crippen LogP contribution in [0.1, 0.15) is 33.0 Å². The second-order valence-electron chi connectivity index (χ2n) is 7.72. The number of rotatable bonds is 5. The molecule has 1 aliphatic heterocycles. The van der Waals surface area contributed by atoms with Gasteiger partial charge in [0.2, 0.25) is 0 Å². The molecule has 1 amide bonds. The molecule has 2 aromatic heterocycles. The average molecular weight is 450 g/mol. The van der Waals surface area contributed by atoms with Crippen LogP contribution in [-0.2, 0) is 19.6 Å².